The number of furan rings is 2. The summed E-state index contributed by atoms with van der Waals surface area (Å²) in [6.45, 7) is 0. The van der Waals surface area contributed by atoms with Gasteiger partial charge in [-0.1, -0.05) is 164 Å². The van der Waals surface area contributed by atoms with Crippen LogP contribution >= 0.6 is 0 Å². The van der Waals surface area contributed by atoms with Crippen LogP contribution in [0.25, 0.3) is 111 Å². The van der Waals surface area contributed by atoms with Crippen LogP contribution in [0.4, 0.5) is 0 Å². The first-order valence-electron chi connectivity index (χ1n) is 18.7. The Bertz CT molecular complexity index is 3060. The summed E-state index contributed by atoms with van der Waals surface area (Å²) in [7, 11) is 0. The first kappa shape index (κ1) is 31.9. The molecule has 0 atom stereocenters. The highest BCUT2D eigenvalue weighted by molar-refractivity contribution is 6.13. The highest BCUT2D eigenvalue weighted by Crippen LogP contribution is 2.39. The average Bonchev–Trinajstić information content (AvgIpc) is 3.86. The van der Waals surface area contributed by atoms with Crippen LogP contribution in [0.2, 0.25) is 0 Å². The molecule has 0 aliphatic rings. The third-order valence-electron chi connectivity index (χ3n) is 10.6. The standard InChI is InChI=1S/C51H31N3O2/c1-2-12-32(13-3-1)37-14-4-5-15-40(37)51-53-49(35-28-24-33(25-29-35)38-18-10-22-45-47(38)41-16-6-8-20-43(41)55-45)52-50(54-51)36-30-26-34(27-31-36)39-19-11-23-46-48(39)42-17-7-9-21-44(42)56-46/h1-31H. The van der Waals surface area contributed by atoms with Crippen molar-refractivity contribution in [1.29, 1.82) is 0 Å². The maximum atomic E-state index is 6.19. The second-order valence-electron chi connectivity index (χ2n) is 13.9. The minimum Gasteiger partial charge on any atom is -0.456 e. The SMILES string of the molecule is c1ccc(-c2ccccc2-c2nc(-c3ccc(-c4cccc5oc6ccccc6c45)cc3)nc(-c3ccc(-c4cccc5oc6ccccc6c45)cc3)n2)cc1. The van der Waals surface area contributed by atoms with Gasteiger partial charge in [-0.2, -0.15) is 0 Å². The molecule has 0 radical (unpaired) electrons. The average molecular weight is 718 g/mol. The maximum Gasteiger partial charge on any atom is 0.164 e. The number of hydrogen-bond acceptors (Lipinski definition) is 5. The van der Waals surface area contributed by atoms with Crippen LogP contribution in [0.15, 0.2) is 197 Å². The number of hydrogen-bond donors (Lipinski definition) is 0. The van der Waals surface area contributed by atoms with E-state index in [2.05, 4.69) is 127 Å². The molecule has 5 heteroatoms. The van der Waals surface area contributed by atoms with Gasteiger partial charge in [-0.15, -0.1) is 0 Å². The number of rotatable bonds is 6. The number of benzene rings is 8. The molecule has 0 unspecified atom stereocenters. The lowest BCUT2D eigenvalue weighted by molar-refractivity contribution is 0.668. The Morgan fingerprint density at radius 1 is 0.250 bits per heavy atom. The van der Waals surface area contributed by atoms with Crippen molar-refractivity contribution < 1.29 is 8.83 Å². The topological polar surface area (TPSA) is 65.0 Å². The van der Waals surface area contributed by atoms with Gasteiger partial charge in [0.25, 0.3) is 0 Å². The Kier molecular flexibility index (Phi) is 7.42. The van der Waals surface area contributed by atoms with Crippen LogP contribution in [-0.4, -0.2) is 15.0 Å². The lowest BCUT2D eigenvalue weighted by atomic mass is 9.98. The van der Waals surface area contributed by atoms with Gasteiger partial charge < -0.3 is 8.83 Å². The normalized spacial score (nSPS) is 11.6. The molecule has 0 spiro atoms. The van der Waals surface area contributed by atoms with E-state index in [0.29, 0.717) is 17.5 Å². The van der Waals surface area contributed by atoms with Gasteiger partial charge in [-0.05, 0) is 57.6 Å². The van der Waals surface area contributed by atoms with Gasteiger partial charge in [0.15, 0.2) is 17.5 Å². The van der Waals surface area contributed by atoms with Crippen molar-refractivity contribution in [3.63, 3.8) is 0 Å². The molecular formula is C51H31N3O2. The van der Waals surface area contributed by atoms with Gasteiger partial charge in [0.2, 0.25) is 0 Å². The molecule has 0 N–H and O–H groups in total. The quantitative estimate of drug-likeness (QED) is 0.171. The fourth-order valence-corrected chi connectivity index (χ4v) is 7.93. The van der Waals surface area contributed by atoms with Crippen molar-refractivity contribution >= 4 is 43.9 Å². The van der Waals surface area contributed by atoms with Crippen molar-refractivity contribution in [2.24, 2.45) is 0 Å². The van der Waals surface area contributed by atoms with E-state index in [1.807, 2.05) is 60.7 Å². The second-order valence-corrected chi connectivity index (χ2v) is 13.9. The lowest BCUT2D eigenvalue weighted by Gasteiger charge is -2.13. The summed E-state index contributed by atoms with van der Waals surface area (Å²) < 4.78 is 12.4. The van der Waals surface area contributed by atoms with Crippen LogP contribution in [0, 0.1) is 0 Å². The molecule has 8 aromatic carbocycles. The molecule has 0 saturated heterocycles. The zero-order valence-electron chi connectivity index (χ0n) is 30.1. The molecule has 0 saturated carbocycles. The van der Waals surface area contributed by atoms with E-state index < -0.39 is 0 Å². The minimum atomic E-state index is 0.602. The van der Waals surface area contributed by atoms with Crippen molar-refractivity contribution in [1.82, 2.24) is 15.0 Å². The summed E-state index contributed by atoms with van der Waals surface area (Å²) in [4.78, 5) is 15.4. The smallest absolute Gasteiger partial charge is 0.164 e. The first-order chi connectivity index (χ1) is 27.7. The highest BCUT2D eigenvalue weighted by Gasteiger charge is 2.18. The Hall–Kier alpha value is -7.63. The lowest BCUT2D eigenvalue weighted by Crippen LogP contribution is -2.01. The zero-order chi connectivity index (χ0) is 37.0. The van der Waals surface area contributed by atoms with Crippen molar-refractivity contribution in [2.45, 2.75) is 0 Å². The predicted molar refractivity (Wildman–Crippen MR) is 227 cm³/mol. The van der Waals surface area contributed by atoms with Crippen molar-refractivity contribution in [2.75, 3.05) is 0 Å². The van der Waals surface area contributed by atoms with Crippen LogP contribution in [-0.2, 0) is 0 Å². The molecule has 0 bridgehead atoms. The molecular weight excluding hydrogens is 687 g/mol. The largest absolute Gasteiger partial charge is 0.456 e. The second kappa shape index (κ2) is 13.0. The molecule has 0 amide bonds. The maximum absolute atomic E-state index is 6.19. The van der Waals surface area contributed by atoms with E-state index in [0.717, 1.165) is 93.9 Å². The van der Waals surface area contributed by atoms with Gasteiger partial charge in [0, 0.05) is 38.2 Å². The van der Waals surface area contributed by atoms with Gasteiger partial charge in [0.05, 0.1) is 0 Å². The van der Waals surface area contributed by atoms with E-state index in [1.165, 1.54) is 0 Å². The number of aromatic nitrogens is 3. The highest BCUT2D eigenvalue weighted by atomic mass is 16.3. The number of nitrogens with zero attached hydrogens (tertiary/aromatic N) is 3. The summed E-state index contributed by atoms with van der Waals surface area (Å²) in [6, 6.07) is 64.5. The summed E-state index contributed by atoms with van der Waals surface area (Å²) in [6.07, 6.45) is 0. The predicted octanol–water partition coefficient (Wildman–Crippen LogP) is 13.7. The molecule has 11 aromatic rings. The van der Waals surface area contributed by atoms with E-state index in [-0.39, 0.29) is 0 Å². The van der Waals surface area contributed by atoms with Gasteiger partial charge in [-0.3, -0.25) is 0 Å². The van der Waals surface area contributed by atoms with Crippen LogP contribution < -0.4 is 0 Å². The molecule has 11 rings (SSSR count). The van der Waals surface area contributed by atoms with Crippen LogP contribution in [0.3, 0.4) is 0 Å². The van der Waals surface area contributed by atoms with E-state index in [9.17, 15) is 0 Å². The molecule has 56 heavy (non-hydrogen) atoms. The van der Waals surface area contributed by atoms with Crippen LogP contribution in [0.1, 0.15) is 0 Å². The third kappa shape index (κ3) is 5.37. The number of para-hydroxylation sites is 2. The molecule has 0 fully saturated rings. The molecule has 3 aromatic heterocycles. The van der Waals surface area contributed by atoms with E-state index in [1.54, 1.807) is 0 Å². The fourth-order valence-electron chi connectivity index (χ4n) is 7.93. The molecule has 0 aliphatic carbocycles. The van der Waals surface area contributed by atoms with E-state index >= 15 is 0 Å². The summed E-state index contributed by atoms with van der Waals surface area (Å²) in [5.41, 5.74) is 12.8. The van der Waals surface area contributed by atoms with E-state index in [4.69, 9.17) is 23.8 Å². The first-order valence-corrected chi connectivity index (χ1v) is 18.7. The fraction of sp³-hybridized carbons (Fsp3) is 0. The third-order valence-corrected chi connectivity index (χ3v) is 10.6. The van der Waals surface area contributed by atoms with Crippen molar-refractivity contribution in [3.05, 3.63) is 188 Å². The van der Waals surface area contributed by atoms with Crippen LogP contribution in [0.5, 0.6) is 0 Å². The summed E-state index contributed by atoms with van der Waals surface area (Å²) >= 11 is 0. The van der Waals surface area contributed by atoms with Crippen molar-refractivity contribution in [3.8, 4) is 67.5 Å². The Morgan fingerprint density at radius 2 is 0.625 bits per heavy atom. The molecule has 0 aliphatic heterocycles. The Labute approximate surface area is 322 Å². The monoisotopic (exact) mass is 717 g/mol. The summed E-state index contributed by atoms with van der Waals surface area (Å²) in [5, 5.41) is 4.43. The molecule has 262 valence electrons. The molecule has 3 heterocycles. The zero-order valence-corrected chi connectivity index (χ0v) is 30.1. The molecule has 5 nitrogen and oxygen atoms in total. The van der Waals surface area contributed by atoms with Gasteiger partial charge in [-0.25, -0.2) is 15.0 Å². The Balaban J connectivity index is 1.03. The minimum absolute atomic E-state index is 0.602. The number of fused-ring (bicyclic) bond motifs is 6. The van der Waals surface area contributed by atoms with Gasteiger partial charge in [0.1, 0.15) is 22.3 Å². The van der Waals surface area contributed by atoms with Gasteiger partial charge >= 0.3 is 0 Å². The Morgan fingerprint density at radius 3 is 1.16 bits per heavy atom. The summed E-state index contributed by atoms with van der Waals surface area (Å²) in [5.74, 6) is 1.82.